The van der Waals surface area contributed by atoms with Crippen molar-refractivity contribution in [2.24, 2.45) is 0 Å². The van der Waals surface area contributed by atoms with Crippen LogP contribution in [0.1, 0.15) is 0 Å². The van der Waals surface area contributed by atoms with Crippen LogP contribution in [-0.2, 0) is 4.57 Å². The highest BCUT2D eigenvalue weighted by molar-refractivity contribution is 7.85. The molecule has 226 valence electrons. The number of benzene rings is 8. The Hall–Kier alpha value is -5.82. The van der Waals surface area contributed by atoms with E-state index in [0.717, 1.165) is 60.0 Å². The summed E-state index contributed by atoms with van der Waals surface area (Å²) in [5.41, 5.74) is 5.29. The maximum Gasteiger partial charge on any atom is 0.171 e. The van der Waals surface area contributed by atoms with Crippen molar-refractivity contribution in [1.29, 1.82) is 0 Å². The fraction of sp³-hybridized carbons (Fsp3) is 0. The van der Waals surface area contributed by atoms with E-state index in [1.54, 1.807) is 0 Å². The average Bonchev–Trinajstić information content (AvgIpc) is 3.17. The molecule has 0 aliphatic carbocycles. The van der Waals surface area contributed by atoms with Crippen molar-refractivity contribution in [2.45, 2.75) is 0 Å². The van der Waals surface area contributed by atoms with Crippen LogP contribution in [0, 0.1) is 0 Å². The number of fused-ring (bicyclic) bond motifs is 6. The standard InChI is InChI=1S/C45H30NOP/c47-48(33-14-3-1-4-15-33,34-16-5-2-6-17-34)35-26-23-32(24-27-35)36-29-30-42(39-20-10-9-19-38(36)39)45-44-37-18-8-7-13-31(37)25-28-41(44)40-21-11-12-22-43(40)46-45/h1-30H. The molecule has 3 heteroatoms. The summed E-state index contributed by atoms with van der Waals surface area (Å²) in [6.45, 7) is 0. The van der Waals surface area contributed by atoms with Gasteiger partial charge in [-0.1, -0.05) is 176 Å². The van der Waals surface area contributed by atoms with E-state index in [1.807, 2.05) is 72.8 Å². The molecule has 0 spiro atoms. The number of aromatic nitrogens is 1. The van der Waals surface area contributed by atoms with Gasteiger partial charge in [0.05, 0.1) is 11.2 Å². The van der Waals surface area contributed by atoms with Crippen LogP contribution in [-0.4, -0.2) is 4.98 Å². The van der Waals surface area contributed by atoms with Crippen molar-refractivity contribution >= 4 is 66.3 Å². The quantitative estimate of drug-likeness (QED) is 0.140. The molecule has 9 rings (SSSR count). The third kappa shape index (κ3) is 4.49. The van der Waals surface area contributed by atoms with Crippen LogP contribution in [0.5, 0.6) is 0 Å². The van der Waals surface area contributed by atoms with Gasteiger partial charge in [-0.25, -0.2) is 4.98 Å². The first-order valence-corrected chi connectivity index (χ1v) is 18.0. The molecule has 0 fully saturated rings. The summed E-state index contributed by atoms with van der Waals surface area (Å²) in [6.07, 6.45) is 0. The van der Waals surface area contributed by atoms with Gasteiger partial charge in [0.1, 0.15) is 0 Å². The number of para-hydroxylation sites is 1. The lowest BCUT2D eigenvalue weighted by Gasteiger charge is -2.20. The molecule has 1 aromatic heterocycles. The third-order valence-corrected chi connectivity index (χ3v) is 12.6. The zero-order valence-corrected chi connectivity index (χ0v) is 27.0. The van der Waals surface area contributed by atoms with Crippen molar-refractivity contribution in [3.05, 3.63) is 182 Å². The molecule has 8 aromatic carbocycles. The van der Waals surface area contributed by atoms with Crippen molar-refractivity contribution in [3.8, 4) is 22.4 Å². The van der Waals surface area contributed by atoms with E-state index < -0.39 is 7.14 Å². The summed E-state index contributed by atoms with van der Waals surface area (Å²) in [4.78, 5) is 5.34. The number of rotatable bonds is 5. The van der Waals surface area contributed by atoms with Crippen molar-refractivity contribution in [1.82, 2.24) is 4.98 Å². The SMILES string of the molecule is O=P(c1ccccc1)(c1ccccc1)c1ccc(-c2ccc(-c3nc4ccccc4c4ccc5ccccc5c34)c3ccccc23)cc1. The molecule has 0 radical (unpaired) electrons. The van der Waals surface area contributed by atoms with E-state index in [4.69, 9.17) is 4.98 Å². The summed E-state index contributed by atoms with van der Waals surface area (Å²) in [5.74, 6) is 0. The smallest absolute Gasteiger partial charge is 0.171 e. The minimum Gasteiger partial charge on any atom is -0.309 e. The van der Waals surface area contributed by atoms with Gasteiger partial charge < -0.3 is 4.57 Å². The first kappa shape index (κ1) is 28.4. The number of hydrogen-bond donors (Lipinski definition) is 0. The highest BCUT2D eigenvalue weighted by atomic mass is 31.2. The van der Waals surface area contributed by atoms with Gasteiger partial charge in [0.25, 0.3) is 0 Å². The molecule has 0 unspecified atom stereocenters. The van der Waals surface area contributed by atoms with Gasteiger partial charge in [-0.05, 0) is 44.1 Å². The molecule has 1 heterocycles. The monoisotopic (exact) mass is 631 g/mol. The molecule has 0 aliphatic heterocycles. The minimum atomic E-state index is -3.06. The third-order valence-electron chi connectivity index (χ3n) is 9.55. The van der Waals surface area contributed by atoms with Crippen molar-refractivity contribution in [3.63, 3.8) is 0 Å². The number of pyridine rings is 1. The van der Waals surface area contributed by atoms with E-state index in [9.17, 15) is 4.57 Å². The maximum atomic E-state index is 15.0. The van der Waals surface area contributed by atoms with Gasteiger partial charge >= 0.3 is 0 Å². The topological polar surface area (TPSA) is 30.0 Å². The van der Waals surface area contributed by atoms with E-state index in [0.29, 0.717) is 0 Å². The van der Waals surface area contributed by atoms with Crippen molar-refractivity contribution in [2.75, 3.05) is 0 Å². The summed E-state index contributed by atoms with van der Waals surface area (Å²) >= 11 is 0. The molecule has 0 saturated carbocycles. The molecule has 0 amide bonds. The predicted octanol–water partition coefficient (Wildman–Crippen LogP) is 10.7. The molecular weight excluding hydrogens is 601 g/mol. The summed E-state index contributed by atoms with van der Waals surface area (Å²) in [5, 5.41) is 10.7. The lowest BCUT2D eigenvalue weighted by atomic mass is 9.90. The highest BCUT2D eigenvalue weighted by Crippen LogP contribution is 2.44. The summed E-state index contributed by atoms with van der Waals surface area (Å²) in [6, 6.07) is 62.5. The van der Waals surface area contributed by atoms with Gasteiger partial charge in [0.15, 0.2) is 7.14 Å². The average molecular weight is 632 g/mol. The zero-order chi connectivity index (χ0) is 32.1. The second-order valence-corrected chi connectivity index (χ2v) is 15.0. The lowest BCUT2D eigenvalue weighted by Crippen LogP contribution is -2.24. The van der Waals surface area contributed by atoms with Gasteiger partial charge in [0, 0.05) is 32.2 Å². The van der Waals surface area contributed by atoms with Gasteiger partial charge in [-0.3, -0.25) is 0 Å². The van der Waals surface area contributed by atoms with E-state index in [2.05, 4.69) is 109 Å². The molecule has 0 atom stereocenters. The lowest BCUT2D eigenvalue weighted by molar-refractivity contribution is 0.592. The van der Waals surface area contributed by atoms with Gasteiger partial charge in [-0.2, -0.15) is 0 Å². The Balaban J connectivity index is 1.23. The zero-order valence-electron chi connectivity index (χ0n) is 26.1. The van der Waals surface area contributed by atoms with Crippen LogP contribution in [0.4, 0.5) is 0 Å². The Bertz CT molecular complexity index is 2640. The molecule has 48 heavy (non-hydrogen) atoms. The second-order valence-electron chi connectivity index (χ2n) is 12.2. The Morgan fingerprint density at radius 2 is 0.896 bits per heavy atom. The van der Waals surface area contributed by atoms with Gasteiger partial charge in [0.2, 0.25) is 0 Å². The molecule has 2 nitrogen and oxygen atoms in total. The highest BCUT2D eigenvalue weighted by Gasteiger charge is 2.29. The summed E-state index contributed by atoms with van der Waals surface area (Å²) in [7, 11) is -3.06. The van der Waals surface area contributed by atoms with Crippen LogP contribution in [0.3, 0.4) is 0 Å². The Kier molecular flexibility index (Phi) is 6.78. The fourth-order valence-corrected chi connectivity index (χ4v) is 9.90. The summed E-state index contributed by atoms with van der Waals surface area (Å²) < 4.78 is 15.0. The first-order chi connectivity index (χ1) is 23.7. The maximum absolute atomic E-state index is 15.0. The number of hydrogen-bond acceptors (Lipinski definition) is 2. The fourth-order valence-electron chi connectivity index (χ4n) is 7.25. The second kappa shape index (κ2) is 11.5. The largest absolute Gasteiger partial charge is 0.309 e. The van der Waals surface area contributed by atoms with E-state index in [-0.39, 0.29) is 0 Å². The Labute approximate surface area is 279 Å². The molecule has 0 aliphatic rings. The first-order valence-electron chi connectivity index (χ1n) is 16.2. The van der Waals surface area contributed by atoms with E-state index >= 15 is 0 Å². The molecular formula is C45H30NOP. The Morgan fingerprint density at radius 1 is 0.375 bits per heavy atom. The molecule has 0 saturated heterocycles. The number of nitrogens with zero attached hydrogens (tertiary/aromatic N) is 1. The molecule has 0 bridgehead atoms. The van der Waals surface area contributed by atoms with Crippen LogP contribution < -0.4 is 15.9 Å². The van der Waals surface area contributed by atoms with Crippen LogP contribution in [0.2, 0.25) is 0 Å². The minimum absolute atomic E-state index is 0.822. The Morgan fingerprint density at radius 3 is 1.58 bits per heavy atom. The van der Waals surface area contributed by atoms with Crippen molar-refractivity contribution < 1.29 is 4.57 Å². The predicted molar refractivity (Wildman–Crippen MR) is 205 cm³/mol. The van der Waals surface area contributed by atoms with Crippen LogP contribution >= 0.6 is 7.14 Å². The van der Waals surface area contributed by atoms with E-state index in [1.165, 1.54) is 21.5 Å². The van der Waals surface area contributed by atoms with Gasteiger partial charge in [-0.15, -0.1) is 0 Å². The van der Waals surface area contributed by atoms with Crippen LogP contribution in [0.15, 0.2) is 182 Å². The van der Waals surface area contributed by atoms with Crippen LogP contribution in [0.25, 0.3) is 65.6 Å². The molecule has 0 N–H and O–H groups in total. The normalized spacial score (nSPS) is 11.8. The molecule has 9 aromatic rings.